The lowest BCUT2D eigenvalue weighted by Crippen LogP contribution is -2.48. The van der Waals surface area contributed by atoms with Crippen LogP contribution in [-0.2, 0) is 6.42 Å². The number of β-amino-alcohol motifs (C(OH)–C–C–N with tert-alkyl or cyclic N) is 1. The first-order valence-electron chi connectivity index (χ1n) is 8.78. The summed E-state index contributed by atoms with van der Waals surface area (Å²) in [5, 5.41) is 13.7. The van der Waals surface area contributed by atoms with Crippen molar-refractivity contribution in [3.63, 3.8) is 0 Å². The predicted molar refractivity (Wildman–Crippen MR) is 109 cm³/mol. The molecule has 0 aromatic heterocycles. The minimum absolute atomic E-state index is 0. The number of halogens is 1. The van der Waals surface area contributed by atoms with E-state index >= 15 is 0 Å². The summed E-state index contributed by atoms with van der Waals surface area (Å²) in [4.78, 5) is 0. The van der Waals surface area contributed by atoms with Crippen molar-refractivity contribution in [2.75, 3.05) is 20.3 Å². The molecule has 0 fully saturated rings. The highest BCUT2D eigenvalue weighted by atomic mass is 35.5. The zero-order valence-electron chi connectivity index (χ0n) is 15.8. The molecule has 0 heterocycles. The monoisotopic (exact) mass is 379 g/mol. The van der Waals surface area contributed by atoms with Gasteiger partial charge >= 0.3 is 0 Å². The molecular formula is C21H30ClNO3. The van der Waals surface area contributed by atoms with Crippen molar-refractivity contribution in [3.05, 3.63) is 60.2 Å². The minimum Gasteiger partial charge on any atom is -0.497 e. The molecular weight excluding hydrogens is 350 g/mol. The Bertz CT molecular complexity index is 621. The molecule has 2 atom stereocenters. The number of nitrogens with one attached hydrogen (secondary N) is 1. The number of hydrogen-bond acceptors (Lipinski definition) is 4. The highest BCUT2D eigenvalue weighted by molar-refractivity contribution is 5.85. The molecule has 0 spiro atoms. The zero-order chi connectivity index (χ0) is 18.1. The molecule has 2 unspecified atom stereocenters. The molecule has 2 aromatic rings. The van der Waals surface area contributed by atoms with Gasteiger partial charge in [0.2, 0.25) is 0 Å². The second kappa shape index (κ2) is 11.1. The number of hydrogen-bond donors (Lipinski definition) is 2. The van der Waals surface area contributed by atoms with Crippen LogP contribution in [-0.4, -0.2) is 37.0 Å². The third kappa shape index (κ3) is 7.24. The molecule has 2 rings (SSSR count). The lowest BCUT2D eigenvalue weighted by Gasteiger charge is -2.31. The Morgan fingerprint density at radius 3 is 2.27 bits per heavy atom. The van der Waals surface area contributed by atoms with E-state index in [9.17, 15) is 5.11 Å². The maximum atomic E-state index is 10.2. The van der Waals surface area contributed by atoms with Crippen LogP contribution in [0.2, 0.25) is 0 Å². The Morgan fingerprint density at radius 2 is 1.69 bits per heavy atom. The number of methoxy groups -OCH3 is 1. The van der Waals surface area contributed by atoms with E-state index in [0.29, 0.717) is 6.54 Å². The molecule has 0 saturated carbocycles. The maximum Gasteiger partial charge on any atom is 0.119 e. The lowest BCUT2D eigenvalue weighted by molar-refractivity contribution is 0.0970. The van der Waals surface area contributed by atoms with Crippen molar-refractivity contribution in [3.8, 4) is 11.5 Å². The molecule has 0 amide bonds. The lowest BCUT2D eigenvalue weighted by atomic mass is 9.90. The van der Waals surface area contributed by atoms with Crippen LogP contribution in [0.3, 0.4) is 0 Å². The first kappa shape index (κ1) is 22.3. The Labute approximate surface area is 162 Å². The normalized spacial score (nSPS) is 14.0. The van der Waals surface area contributed by atoms with Gasteiger partial charge in [0.05, 0.1) is 7.11 Å². The number of aliphatic hydroxyl groups excluding tert-OH is 1. The minimum atomic E-state index is -0.554. The van der Waals surface area contributed by atoms with Crippen molar-refractivity contribution < 1.29 is 14.6 Å². The van der Waals surface area contributed by atoms with E-state index in [4.69, 9.17) is 9.47 Å². The predicted octanol–water partition coefficient (Wildman–Crippen LogP) is 3.86. The van der Waals surface area contributed by atoms with Crippen LogP contribution >= 0.6 is 12.4 Å². The third-order valence-electron chi connectivity index (χ3n) is 4.48. The largest absolute Gasteiger partial charge is 0.497 e. The fourth-order valence-corrected chi connectivity index (χ4v) is 2.64. The Morgan fingerprint density at radius 1 is 1.04 bits per heavy atom. The molecule has 26 heavy (non-hydrogen) atoms. The van der Waals surface area contributed by atoms with E-state index < -0.39 is 6.10 Å². The van der Waals surface area contributed by atoms with E-state index in [-0.39, 0.29) is 24.6 Å². The van der Waals surface area contributed by atoms with Crippen molar-refractivity contribution in [1.82, 2.24) is 5.32 Å². The van der Waals surface area contributed by atoms with E-state index in [2.05, 4.69) is 31.3 Å². The SMILES string of the molecule is CCC(C)(Cc1ccc(OC)cc1)NCC(O)COc1ccccc1.Cl. The average Bonchev–Trinajstić information content (AvgIpc) is 2.66. The Kier molecular flexibility index (Phi) is 9.49. The number of para-hydroxylation sites is 1. The van der Waals surface area contributed by atoms with Gasteiger partial charge in [-0.15, -0.1) is 12.4 Å². The second-order valence-corrected chi connectivity index (χ2v) is 6.60. The van der Waals surface area contributed by atoms with Crippen LogP contribution in [0.1, 0.15) is 25.8 Å². The molecule has 0 saturated heterocycles. The summed E-state index contributed by atoms with van der Waals surface area (Å²) in [5.41, 5.74) is 1.16. The highest BCUT2D eigenvalue weighted by Gasteiger charge is 2.23. The van der Waals surface area contributed by atoms with Gasteiger partial charge in [-0.3, -0.25) is 0 Å². The fraction of sp³-hybridized carbons (Fsp3) is 0.429. The second-order valence-electron chi connectivity index (χ2n) is 6.60. The van der Waals surface area contributed by atoms with Crippen LogP contribution < -0.4 is 14.8 Å². The topological polar surface area (TPSA) is 50.7 Å². The van der Waals surface area contributed by atoms with Gasteiger partial charge in [-0.2, -0.15) is 0 Å². The summed E-state index contributed by atoms with van der Waals surface area (Å²) >= 11 is 0. The Hall–Kier alpha value is -1.75. The summed E-state index contributed by atoms with van der Waals surface area (Å²) in [7, 11) is 1.67. The van der Waals surface area contributed by atoms with Crippen molar-refractivity contribution in [2.24, 2.45) is 0 Å². The molecule has 0 aliphatic carbocycles. The summed E-state index contributed by atoms with van der Waals surface area (Å²) in [6.45, 7) is 5.11. The molecule has 5 heteroatoms. The van der Waals surface area contributed by atoms with Crippen LogP contribution in [0.15, 0.2) is 54.6 Å². The molecule has 2 N–H and O–H groups in total. The molecule has 144 valence electrons. The quantitative estimate of drug-likeness (QED) is 0.658. The molecule has 0 radical (unpaired) electrons. The average molecular weight is 380 g/mol. The first-order valence-corrected chi connectivity index (χ1v) is 8.78. The van der Waals surface area contributed by atoms with Gasteiger partial charge in [0.1, 0.15) is 24.2 Å². The van der Waals surface area contributed by atoms with Gasteiger partial charge in [-0.25, -0.2) is 0 Å². The molecule has 0 aliphatic heterocycles. The van der Waals surface area contributed by atoms with E-state index in [1.165, 1.54) is 5.56 Å². The van der Waals surface area contributed by atoms with Crippen LogP contribution in [0, 0.1) is 0 Å². The van der Waals surface area contributed by atoms with E-state index in [0.717, 1.165) is 24.3 Å². The van der Waals surface area contributed by atoms with Crippen LogP contribution in [0.25, 0.3) is 0 Å². The maximum absolute atomic E-state index is 10.2. The molecule has 4 nitrogen and oxygen atoms in total. The standard InChI is InChI=1S/C21H29NO3.ClH/c1-4-21(2,14-17-10-12-19(24-3)13-11-17)22-15-18(23)16-25-20-8-6-5-7-9-20;/h5-13,18,22-23H,4,14-16H2,1-3H3;1H. The summed E-state index contributed by atoms with van der Waals surface area (Å²) in [6.07, 6.45) is 1.30. The van der Waals surface area contributed by atoms with Crippen LogP contribution in [0.5, 0.6) is 11.5 Å². The van der Waals surface area contributed by atoms with Crippen LogP contribution in [0.4, 0.5) is 0 Å². The van der Waals surface area contributed by atoms with Gasteiger partial charge in [0.25, 0.3) is 0 Å². The molecule has 0 bridgehead atoms. The summed E-state index contributed by atoms with van der Waals surface area (Å²) < 4.78 is 10.8. The zero-order valence-corrected chi connectivity index (χ0v) is 16.6. The fourth-order valence-electron chi connectivity index (χ4n) is 2.64. The van der Waals surface area contributed by atoms with Gasteiger partial charge in [-0.1, -0.05) is 37.3 Å². The van der Waals surface area contributed by atoms with Crippen molar-refractivity contribution in [2.45, 2.75) is 38.3 Å². The first-order chi connectivity index (χ1) is 12.0. The Balaban J connectivity index is 0.00000338. The number of benzene rings is 2. The summed E-state index contributed by atoms with van der Waals surface area (Å²) in [5.74, 6) is 1.64. The smallest absolute Gasteiger partial charge is 0.119 e. The highest BCUT2D eigenvalue weighted by Crippen LogP contribution is 2.19. The van der Waals surface area contributed by atoms with E-state index in [1.807, 2.05) is 42.5 Å². The number of aliphatic hydroxyl groups is 1. The van der Waals surface area contributed by atoms with Gasteiger partial charge in [-0.05, 0) is 49.6 Å². The third-order valence-corrected chi connectivity index (χ3v) is 4.48. The number of ether oxygens (including phenoxy) is 2. The van der Waals surface area contributed by atoms with E-state index in [1.54, 1.807) is 7.11 Å². The van der Waals surface area contributed by atoms with Crippen molar-refractivity contribution in [1.29, 1.82) is 0 Å². The number of rotatable bonds is 10. The molecule has 2 aromatic carbocycles. The van der Waals surface area contributed by atoms with Crippen molar-refractivity contribution >= 4 is 12.4 Å². The van der Waals surface area contributed by atoms with Gasteiger partial charge in [0, 0.05) is 12.1 Å². The molecule has 0 aliphatic rings. The summed E-state index contributed by atoms with van der Waals surface area (Å²) in [6, 6.07) is 17.7. The van der Waals surface area contributed by atoms with Gasteiger partial charge < -0.3 is 19.9 Å². The van der Waals surface area contributed by atoms with Gasteiger partial charge in [0.15, 0.2) is 0 Å².